The number of hydrogen-bond acceptors (Lipinski definition) is 5. The summed E-state index contributed by atoms with van der Waals surface area (Å²) in [6.07, 6.45) is 0.781. The van der Waals surface area contributed by atoms with Crippen LogP contribution in [0.15, 0.2) is 48.5 Å². The zero-order valence-electron chi connectivity index (χ0n) is 19.1. The number of fused-ring (bicyclic) bond motifs is 3. The number of benzene rings is 2. The lowest BCUT2D eigenvalue weighted by atomic mass is 9.84. The molecule has 4 N–H and O–H groups in total. The second kappa shape index (κ2) is 9.85. The van der Waals surface area contributed by atoms with Gasteiger partial charge in [0, 0.05) is 12.5 Å². The van der Waals surface area contributed by atoms with E-state index >= 15 is 0 Å². The summed E-state index contributed by atoms with van der Waals surface area (Å²) in [6.45, 7) is 1.53. The van der Waals surface area contributed by atoms with Gasteiger partial charge in [0.1, 0.15) is 6.61 Å². The first-order valence-corrected chi connectivity index (χ1v) is 11.6. The molecule has 0 bridgehead atoms. The zero-order valence-corrected chi connectivity index (χ0v) is 19.1. The Balaban J connectivity index is 1.38. The van der Waals surface area contributed by atoms with E-state index in [-0.39, 0.29) is 19.1 Å². The highest BCUT2D eigenvalue weighted by molar-refractivity contribution is 5.88. The van der Waals surface area contributed by atoms with E-state index in [9.17, 15) is 24.6 Å². The number of nitrogens with one attached hydrogen (secondary N) is 2. The lowest BCUT2D eigenvalue weighted by Gasteiger charge is -2.30. The molecule has 2 aromatic carbocycles. The van der Waals surface area contributed by atoms with Crippen LogP contribution in [0.1, 0.15) is 49.7 Å². The fourth-order valence-corrected chi connectivity index (χ4v) is 5.11. The third-order valence-corrected chi connectivity index (χ3v) is 6.99. The molecule has 2 aliphatic carbocycles. The van der Waals surface area contributed by atoms with E-state index in [0.29, 0.717) is 12.8 Å². The molecule has 0 spiro atoms. The standard InChI is InChI=1S/C26H30N2O6/c1-16(29)22(23(30)31)28-24(32)26(12-6-7-13-26)15-27-25(33)34-14-21-19-10-4-2-8-17(19)18-9-3-5-11-20(18)21/h2-5,8-11,16,21-22,29H,6-7,12-15H2,1H3,(H,27,33)(H,28,32)(H,30,31)/t16-,22+/m1/s1. The third kappa shape index (κ3) is 4.63. The largest absolute Gasteiger partial charge is 0.480 e. The highest BCUT2D eigenvalue weighted by atomic mass is 16.5. The zero-order chi connectivity index (χ0) is 24.3. The van der Waals surface area contributed by atoms with Crippen LogP contribution in [0, 0.1) is 5.41 Å². The van der Waals surface area contributed by atoms with Crippen molar-refractivity contribution in [2.24, 2.45) is 5.41 Å². The van der Waals surface area contributed by atoms with Gasteiger partial charge in [-0.2, -0.15) is 0 Å². The van der Waals surface area contributed by atoms with Crippen LogP contribution in [0.3, 0.4) is 0 Å². The lowest BCUT2D eigenvalue weighted by Crippen LogP contribution is -2.54. The number of carboxylic acids is 1. The number of alkyl carbamates (subject to hydrolysis) is 1. The third-order valence-electron chi connectivity index (χ3n) is 6.99. The van der Waals surface area contributed by atoms with E-state index in [4.69, 9.17) is 4.74 Å². The number of carbonyl (C=O) groups is 3. The maximum absolute atomic E-state index is 13.0. The summed E-state index contributed by atoms with van der Waals surface area (Å²) in [7, 11) is 0. The Morgan fingerprint density at radius 2 is 1.59 bits per heavy atom. The first-order chi connectivity index (χ1) is 16.3. The van der Waals surface area contributed by atoms with E-state index in [1.165, 1.54) is 6.92 Å². The van der Waals surface area contributed by atoms with Gasteiger partial charge in [-0.3, -0.25) is 4.79 Å². The highest BCUT2D eigenvalue weighted by Crippen LogP contribution is 2.44. The van der Waals surface area contributed by atoms with Gasteiger partial charge in [-0.05, 0) is 42.0 Å². The first kappa shape index (κ1) is 23.8. The van der Waals surface area contributed by atoms with Crippen molar-refractivity contribution in [2.75, 3.05) is 13.2 Å². The minimum atomic E-state index is -1.40. The van der Waals surface area contributed by atoms with Crippen LogP contribution < -0.4 is 10.6 Å². The normalized spacial score (nSPS) is 17.8. The second-order valence-electron chi connectivity index (χ2n) is 9.20. The summed E-state index contributed by atoms with van der Waals surface area (Å²) >= 11 is 0. The van der Waals surface area contributed by atoms with Crippen molar-refractivity contribution < 1.29 is 29.3 Å². The molecule has 2 aromatic rings. The van der Waals surface area contributed by atoms with Crippen LogP contribution >= 0.6 is 0 Å². The Labute approximate surface area is 198 Å². The van der Waals surface area contributed by atoms with Crippen LogP contribution in [-0.2, 0) is 14.3 Å². The maximum atomic E-state index is 13.0. The number of hydrogen-bond donors (Lipinski definition) is 4. The first-order valence-electron chi connectivity index (χ1n) is 11.6. The van der Waals surface area contributed by atoms with Crippen molar-refractivity contribution in [2.45, 2.75) is 50.7 Å². The Morgan fingerprint density at radius 3 is 2.12 bits per heavy atom. The van der Waals surface area contributed by atoms with Crippen molar-refractivity contribution in [1.82, 2.24) is 10.6 Å². The molecular weight excluding hydrogens is 436 g/mol. The average Bonchev–Trinajstić information content (AvgIpc) is 3.43. The number of ether oxygens (including phenoxy) is 1. The summed E-state index contributed by atoms with van der Waals surface area (Å²) in [4.78, 5) is 36.9. The quantitative estimate of drug-likeness (QED) is 0.474. The van der Waals surface area contributed by atoms with E-state index in [1.807, 2.05) is 36.4 Å². The Morgan fingerprint density at radius 1 is 1.03 bits per heavy atom. The van der Waals surface area contributed by atoms with Crippen molar-refractivity contribution >= 4 is 18.0 Å². The molecule has 1 fully saturated rings. The summed E-state index contributed by atoms with van der Waals surface area (Å²) in [6, 6.07) is 14.7. The number of aliphatic hydroxyl groups is 1. The van der Waals surface area contributed by atoms with E-state index in [2.05, 4.69) is 22.8 Å². The number of aliphatic hydroxyl groups excluding tert-OH is 1. The van der Waals surface area contributed by atoms with Crippen LogP contribution in [-0.4, -0.2) is 53.5 Å². The molecule has 0 saturated heterocycles. The fourth-order valence-electron chi connectivity index (χ4n) is 5.11. The van der Waals surface area contributed by atoms with Gasteiger partial charge in [-0.25, -0.2) is 9.59 Å². The molecular formula is C26H30N2O6. The number of amides is 2. The topological polar surface area (TPSA) is 125 Å². The van der Waals surface area contributed by atoms with Crippen LogP contribution in [0.2, 0.25) is 0 Å². The minimum absolute atomic E-state index is 0.0433. The van der Waals surface area contributed by atoms with Gasteiger partial charge in [-0.15, -0.1) is 0 Å². The van der Waals surface area contributed by atoms with E-state index < -0.39 is 35.5 Å². The number of carboxylic acid groups (broad SMARTS) is 1. The van der Waals surface area contributed by atoms with Crippen molar-refractivity contribution in [3.05, 3.63) is 59.7 Å². The summed E-state index contributed by atoms with van der Waals surface area (Å²) in [5.74, 6) is -1.84. The molecule has 8 heteroatoms. The van der Waals surface area contributed by atoms with Gasteiger partial charge in [0.2, 0.25) is 5.91 Å². The molecule has 34 heavy (non-hydrogen) atoms. The van der Waals surface area contributed by atoms with Crippen LogP contribution in [0.5, 0.6) is 0 Å². The predicted octanol–water partition coefficient (Wildman–Crippen LogP) is 3.04. The van der Waals surface area contributed by atoms with Crippen molar-refractivity contribution in [1.29, 1.82) is 0 Å². The number of aliphatic carboxylic acids is 1. The van der Waals surface area contributed by atoms with E-state index in [1.54, 1.807) is 0 Å². The SMILES string of the molecule is C[C@@H](O)[C@H](NC(=O)C1(CNC(=O)OCC2c3ccccc3-c3ccccc32)CCCC1)C(=O)O. The van der Waals surface area contributed by atoms with Crippen LogP contribution in [0.4, 0.5) is 4.79 Å². The molecule has 0 aromatic heterocycles. The molecule has 0 radical (unpaired) electrons. The van der Waals surface area contributed by atoms with Gasteiger partial charge in [0.15, 0.2) is 6.04 Å². The summed E-state index contributed by atoms with van der Waals surface area (Å²) in [5.41, 5.74) is 3.58. The Hall–Kier alpha value is -3.39. The molecule has 1 saturated carbocycles. The maximum Gasteiger partial charge on any atom is 0.407 e. The minimum Gasteiger partial charge on any atom is -0.480 e. The second-order valence-corrected chi connectivity index (χ2v) is 9.20. The average molecular weight is 467 g/mol. The smallest absolute Gasteiger partial charge is 0.407 e. The molecule has 0 unspecified atom stereocenters. The molecule has 4 rings (SSSR count). The summed E-state index contributed by atoms with van der Waals surface area (Å²) in [5, 5.41) is 24.1. The van der Waals surface area contributed by atoms with Crippen LogP contribution in [0.25, 0.3) is 11.1 Å². The molecule has 2 aliphatic rings. The van der Waals surface area contributed by atoms with Gasteiger partial charge >= 0.3 is 12.1 Å². The van der Waals surface area contributed by atoms with Gasteiger partial charge in [0.25, 0.3) is 0 Å². The Kier molecular flexibility index (Phi) is 6.88. The number of rotatable bonds is 8. The van der Waals surface area contributed by atoms with Crippen molar-refractivity contribution in [3.63, 3.8) is 0 Å². The van der Waals surface area contributed by atoms with E-state index in [0.717, 1.165) is 35.1 Å². The molecule has 180 valence electrons. The van der Waals surface area contributed by atoms with Crippen molar-refractivity contribution in [3.8, 4) is 11.1 Å². The van der Waals surface area contributed by atoms with Gasteiger partial charge in [-0.1, -0.05) is 61.4 Å². The highest BCUT2D eigenvalue weighted by Gasteiger charge is 2.43. The molecule has 2 amide bonds. The molecule has 2 atom stereocenters. The fraction of sp³-hybridized carbons (Fsp3) is 0.423. The predicted molar refractivity (Wildman–Crippen MR) is 125 cm³/mol. The lowest BCUT2D eigenvalue weighted by molar-refractivity contribution is -0.146. The number of carbonyl (C=O) groups excluding carboxylic acids is 2. The van der Waals surface area contributed by atoms with Gasteiger partial charge in [0.05, 0.1) is 11.5 Å². The summed E-state index contributed by atoms with van der Waals surface area (Å²) < 4.78 is 5.57. The molecule has 0 heterocycles. The Bertz CT molecular complexity index is 1030. The monoisotopic (exact) mass is 466 g/mol. The van der Waals surface area contributed by atoms with Gasteiger partial charge < -0.3 is 25.6 Å². The molecule has 8 nitrogen and oxygen atoms in total. The molecule has 0 aliphatic heterocycles.